The van der Waals surface area contributed by atoms with Gasteiger partial charge in [-0.3, -0.25) is 0 Å². The van der Waals surface area contributed by atoms with Gasteiger partial charge in [0.25, 0.3) is 0 Å². The second-order valence-corrected chi connectivity index (χ2v) is 11.8. The van der Waals surface area contributed by atoms with Crippen LogP contribution in [0.1, 0.15) is 75.0 Å². The summed E-state index contributed by atoms with van der Waals surface area (Å²) in [6.07, 6.45) is -20.1. The number of benzene rings is 2. The molecule has 0 amide bonds. The molecule has 0 N–H and O–H groups in total. The predicted octanol–water partition coefficient (Wildman–Crippen LogP) is 10.0. The first kappa shape index (κ1) is 37.2. The Hall–Kier alpha value is -2.65. The normalized spacial score (nSPS) is 23.1. The van der Waals surface area contributed by atoms with Gasteiger partial charge < -0.3 is 18.9 Å². The third-order valence-corrected chi connectivity index (χ3v) is 8.52. The molecule has 2 fully saturated rings. The van der Waals surface area contributed by atoms with Crippen molar-refractivity contribution in [3.8, 4) is 5.75 Å². The van der Waals surface area contributed by atoms with Gasteiger partial charge in [-0.25, -0.2) is 8.78 Å². The zero-order valence-corrected chi connectivity index (χ0v) is 25.3. The standard InChI is InChI=1S/C32H35F11O4/c1-2-44-16-15-19-3-5-20(6-4-19)30(38,39)45-23-11-7-21(8-12-23)31(40,41)46-24-13-9-22(10-14-24)32(42,43)47-25-17-26(33)28(27(34)18-25)29(35,36)37/h3-6,17-18,21-24H,2,7-16H2,1H3. The number of rotatable bonds is 13. The molecule has 0 radical (unpaired) electrons. The zero-order chi connectivity index (χ0) is 34.6. The molecule has 0 saturated heterocycles. The third kappa shape index (κ3) is 9.71. The van der Waals surface area contributed by atoms with E-state index in [0.29, 0.717) is 19.6 Å². The zero-order valence-electron chi connectivity index (χ0n) is 25.3. The Labute approximate surface area is 264 Å². The lowest BCUT2D eigenvalue weighted by atomic mass is 9.85. The van der Waals surface area contributed by atoms with Gasteiger partial charge in [0, 0.05) is 18.7 Å². The average Bonchev–Trinajstić information content (AvgIpc) is 2.96. The number of alkyl halides is 9. The smallest absolute Gasteiger partial charge is 0.422 e. The molecule has 2 aliphatic rings. The van der Waals surface area contributed by atoms with Gasteiger partial charge >= 0.3 is 24.5 Å². The molecule has 47 heavy (non-hydrogen) atoms. The quantitative estimate of drug-likeness (QED) is 0.155. The van der Waals surface area contributed by atoms with E-state index < -0.39 is 71.5 Å². The van der Waals surface area contributed by atoms with Crippen molar-refractivity contribution in [2.75, 3.05) is 13.2 Å². The van der Waals surface area contributed by atoms with Crippen molar-refractivity contribution < 1.29 is 67.2 Å². The number of halogens is 11. The Morgan fingerprint density at radius 1 is 0.660 bits per heavy atom. The fourth-order valence-electron chi connectivity index (χ4n) is 5.95. The number of ether oxygens (including phenoxy) is 4. The summed E-state index contributed by atoms with van der Waals surface area (Å²) in [4.78, 5) is 0. The summed E-state index contributed by atoms with van der Waals surface area (Å²) in [5.41, 5.74) is -1.80. The van der Waals surface area contributed by atoms with Gasteiger partial charge in [-0.15, -0.1) is 0 Å². The highest BCUT2D eigenvalue weighted by molar-refractivity contribution is 5.32. The molecule has 2 aromatic carbocycles. The van der Waals surface area contributed by atoms with E-state index in [-0.39, 0.29) is 69.1 Å². The molecule has 2 aliphatic carbocycles. The van der Waals surface area contributed by atoms with Gasteiger partial charge in [0.2, 0.25) is 0 Å². The predicted molar refractivity (Wildman–Crippen MR) is 146 cm³/mol. The van der Waals surface area contributed by atoms with Crippen LogP contribution < -0.4 is 4.74 Å². The maximum atomic E-state index is 15.0. The van der Waals surface area contributed by atoms with E-state index in [1.807, 2.05) is 6.92 Å². The molecule has 2 aromatic rings. The van der Waals surface area contributed by atoms with E-state index in [2.05, 4.69) is 4.74 Å². The van der Waals surface area contributed by atoms with E-state index in [1.54, 1.807) is 12.1 Å². The Morgan fingerprint density at radius 3 is 1.64 bits per heavy atom. The molecule has 4 nitrogen and oxygen atoms in total. The maximum Gasteiger partial charge on any atom is 0.422 e. The van der Waals surface area contributed by atoms with Crippen molar-refractivity contribution in [1.82, 2.24) is 0 Å². The maximum absolute atomic E-state index is 15.0. The molecule has 0 atom stereocenters. The second kappa shape index (κ2) is 14.9. The van der Waals surface area contributed by atoms with Gasteiger partial charge in [0.05, 0.1) is 36.2 Å². The summed E-state index contributed by atoms with van der Waals surface area (Å²) in [7, 11) is 0. The highest BCUT2D eigenvalue weighted by atomic mass is 19.4. The Morgan fingerprint density at radius 2 is 1.15 bits per heavy atom. The Bertz CT molecular complexity index is 1280. The first-order valence-corrected chi connectivity index (χ1v) is 15.3. The summed E-state index contributed by atoms with van der Waals surface area (Å²) in [6, 6.07) is 5.59. The highest BCUT2D eigenvalue weighted by Gasteiger charge is 2.49. The number of hydrogen-bond donors (Lipinski definition) is 0. The van der Waals surface area contributed by atoms with Crippen LogP contribution in [0.3, 0.4) is 0 Å². The molecule has 15 heteroatoms. The minimum Gasteiger partial charge on any atom is -0.432 e. The fourth-order valence-corrected chi connectivity index (χ4v) is 5.95. The minimum atomic E-state index is -5.39. The average molecular weight is 693 g/mol. The van der Waals surface area contributed by atoms with E-state index >= 15 is 8.78 Å². The lowest BCUT2D eigenvalue weighted by Gasteiger charge is -2.38. The van der Waals surface area contributed by atoms with Crippen LogP contribution in [0.5, 0.6) is 5.75 Å². The van der Waals surface area contributed by atoms with Crippen LogP contribution in [0, 0.1) is 23.5 Å². The fraction of sp³-hybridized carbons (Fsp3) is 0.625. The van der Waals surface area contributed by atoms with Crippen LogP contribution in [-0.2, 0) is 32.9 Å². The molecule has 0 aliphatic heterocycles. The lowest BCUT2D eigenvalue weighted by molar-refractivity contribution is -0.314. The molecule has 4 rings (SSSR count). The molecular weight excluding hydrogens is 657 g/mol. The summed E-state index contributed by atoms with van der Waals surface area (Å²) < 4.78 is 175. The molecule has 2 saturated carbocycles. The summed E-state index contributed by atoms with van der Waals surface area (Å²) in [6.45, 7) is 2.84. The van der Waals surface area contributed by atoms with Crippen LogP contribution in [0.15, 0.2) is 36.4 Å². The van der Waals surface area contributed by atoms with Gasteiger partial charge in [0.1, 0.15) is 22.9 Å². The summed E-state index contributed by atoms with van der Waals surface area (Å²) >= 11 is 0. The molecule has 264 valence electrons. The van der Waals surface area contributed by atoms with Crippen LogP contribution >= 0.6 is 0 Å². The van der Waals surface area contributed by atoms with Crippen molar-refractivity contribution in [2.24, 2.45) is 11.8 Å². The van der Waals surface area contributed by atoms with Crippen molar-refractivity contribution in [1.29, 1.82) is 0 Å². The van der Waals surface area contributed by atoms with Crippen molar-refractivity contribution in [3.05, 3.63) is 64.7 Å². The summed E-state index contributed by atoms with van der Waals surface area (Å²) in [5.74, 6) is -8.32. The summed E-state index contributed by atoms with van der Waals surface area (Å²) in [5, 5.41) is 0. The van der Waals surface area contributed by atoms with Gasteiger partial charge in [-0.1, -0.05) is 24.3 Å². The van der Waals surface area contributed by atoms with E-state index in [1.165, 1.54) is 12.1 Å². The minimum absolute atomic E-state index is 0.00127. The van der Waals surface area contributed by atoms with Crippen LogP contribution in [0.25, 0.3) is 0 Å². The first-order valence-electron chi connectivity index (χ1n) is 15.3. The van der Waals surface area contributed by atoms with Crippen molar-refractivity contribution >= 4 is 0 Å². The monoisotopic (exact) mass is 692 g/mol. The molecular formula is C32H35F11O4. The van der Waals surface area contributed by atoms with Crippen molar-refractivity contribution in [3.63, 3.8) is 0 Å². The SMILES string of the molecule is CCOCCc1ccc(C(F)(F)OC2CCC(C(F)(F)OC3CCC(C(F)(F)Oc4cc(F)c(C(F)(F)F)c(F)c4)CC3)CC2)cc1. The van der Waals surface area contributed by atoms with Gasteiger partial charge in [-0.05, 0) is 70.3 Å². The van der Waals surface area contributed by atoms with Crippen LogP contribution in [-0.4, -0.2) is 37.6 Å². The molecule has 0 aromatic heterocycles. The topological polar surface area (TPSA) is 36.9 Å². The van der Waals surface area contributed by atoms with E-state index in [0.717, 1.165) is 5.56 Å². The van der Waals surface area contributed by atoms with Crippen LogP contribution in [0.4, 0.5) is 48.3 Å². The van der Waals surface area contributed by atoms with E-state index in [9.17, 15) is 39.5 Å². The third-order valence-electron chi connectivity index (χ3n) is 8.52. The van der Waals surface area contributed by atoms with Crippen molar-refractivity contribution in [2.45, 2.75) is 101 Å². The first-order chi connectivity index (χ1) is 21.9. The largest absolute Gasteiger partial charge is 0.432 e. The molecule has 0 unspecified atom stereocenters. The van der Waals surface area contributed by atoms with Gasteiger partial charge in [0.15, 0.2) is 0 Å². The van der Waals surface area contributed by atoms with Gasteiger partial charge in [-0.2, -0.15) is 39.5 Å². The highest BCUT2D eigenvalue weighted by Crippen LogP contribution is 2.45. The lowest BCUT2D eigenvalue weighted by Crippen LogP contribution is -2.43. The molecule has 0 heterocycles. The Kier molecular flexibility index (Phi) is 11.7. The molecule has 0 spiro atoms. The number of hydrogen-bond acceptors (Lipinski definition) is 4. The second-order valence-electron chi connectivity index (χ2n) is 11.8. The van der Waals surface area contributed by atoms with E-state index in [4.69, 9.17) is 14.2 Å². The Balaban J connectivity index is 1.24. The molecule has 0 bridgehead atoms. The van der Waals surface area contributed by atoms with Crippen LogP contribution in [0.2, 0.25) is 0 Å².